The Hall–Kier alpha value is -2.05. The van der Waals surface area contributed by atoms with Crippen molar-refractivity contribution in [2.24, 2.45) is 0 Å². The predicted octanol–water partition coefficient (Wildman–Crippen LogP) is 1.14. The zero-order valence-corrected chi connectivity index (χ0v) is 7.00. The van der Waals surface area contributed by atoms with Crippen LogP contribution < -0.4 is 4.90 Å². The Kier molecular flexibility index (Phi) is 1.84. The molecule has 0 spiro atoms. The number of nitrogens with zero attached hydrogens (tertiary/aromatic N) is 2. The lowest BCUT2D eigenvalue weighted by Gasteiger charge is -2.06. The number of amides is 1. The standard InChI is InChI=1S/C7H6N2O5/c10-7-8(3-4-13-7)5-1-2-6(14-5)9(11)12/h1-2H,3-4H2. The van der Waals surface area contributed by atoms with Crippen molar-refractivity contribution in [3.63, 3.8) is 0 Å². The average Bonchev–Trinajstić information content (AvgIpc) is 2.71. The van der Waals surface area contributed by atoms with Crippen LogP contribution in [0.15, 0.2) is 16.5 Å². The van der Waals surface area contributed by atoms with Crippen LogP contribution >= 0.6 is 0 Å². The SMILES string of the molecule is O=C1OCCN1c1ccc([N+](=O)[O-])o1. The van der Waals surface area contributed by atoms with Crippen LogP contribution in [0, 0.1) is 10.1 Å². The van der Waals surface area contributed by atoms with E-state index in [0.717, 1.165) is 0 Å². The van der Waals surface area contributed by atoms with Crippen molar-refractivity contribution in [3.8, 4) is 0 Å². The van der Waals surface area contributed by atoms with Crippen LogP contribution in [0.3, 0.4) is 0 Å². The smallest absolute Gasteiger partial charge is 0.434 e. The minimum Gasteiger partial charge on any atom is -0.447 e. The lowest BCUT2D eigenvalue weighted by molar-refractivity contribution is -0.401. The molecular formula is C7H6N2O5. The Morgan fingerprint density at radius 2 is 2.29 bits per heavy atom. The second-order valence-corrected chi connectivity index (χ2v) is 2.63. The molecule has 0 aliphatic carbocycles. The summed E-state index contributed by atoms with van der Waals surface area (Å²) in [4.78, 5) is 21.9. The molecule has 0 atom stereocenters. The molecular weight excluding hydrogens is 192 g/mol. The number of furan rings is 1. The molecule has 0 N–H and O–H groups in total. The number of carbonyl (C=O) groups is 1. The summed E-state index contributed by atoms with van der Waals surface area (Å²) in [6.45, 7) is 0.622. The van der Waals surface area contributed by atoms with Gasteiger partial charge in [0.1, 0.15) is 11.5 Å². The maximum atomic E-state index is 11.0. The number of anilines is 1. The van der Waals surface area contributed by atoms with Gasteiger partial charge < -0.3 is 9.15 Å². The van der Waals surface area contributed by atoms with Gasteiger partial charge in [0, 0.05) is 6.07 Å². The largest absolute Gasteiger partial charge is 0.447 e. The topological polar surface area (TPSA) is 85.8 Å². The Bertz CT molecular complexity index is 385. The molecule has 7 heteroatoms. The number of hydrogen-bond acceptors (Lipinski definition) is 5. The highest BCUT2D eigenvalue weighted by atomic mass is 16.7. The van der Waals surface area contributed by atoms with Gasteiger partial charge in [-0.1, -0.05) is 0 Å². The molecule has 1 saturated heterocycles. The van der Waals surface area contributed by atoms with Crippen LogP contribution in [0.25, 0.3) is 0 Å². The summed E-state index contributed by atoms with van der Waals surface area (Å²) in [7, 11) is 0. The lowest BCUT2D eigenvalue weighted by atomic mass is 10.5. The second kappa shape index (κ2) is 3.02. The molecule has 1 aromatic rings. The summed E-state index contributed by atoms with van der Waals surface area (Å²) < 4.78 is 9.47. The van der Waals surface area contributed by atoms with Gasteiger partial charge in [0.15, 0.2) is 0 Å². The van der Waals surface area contributed by atoms with Crippen LogP contribution in [-0.4, -0.2) is 24.2 Å². The third-order valence-electron chi connectivity index (χ3n) is 1.78. The fourth-order valence-electron chi connectivity index (χ4n) is 1.15. The van der Waals surface area contributed by atoms with E-state index in [4.69, 9.17) is 4.42 Å². The first kappa shape index (κ1) is 8.54. The zero-order valence-electron chi connectivity index (χ0n) is 7.00. The normalized spacial score (nSPS) is 15.7. The molecule has 1 aliphatic heterocycles. The van der Waals surface area contributed by atoms with Crippen LogP contribution in [0.2, 0.25) is 0 Å². The van der Waals surface area contributed by atoms with Crippen molar-refractivity contribution in [2.45, 2.75) is 0 Å². The highest BCUT2D eigenvalue weighted by Crippen LogP contribution is 2.25. The van der Waals surface area contributed by atoms with E-state index in [0.29, 0.717) is 6.54 Å². The average molecular weight is 198 g/mol. The number of rotatable bonds is 2. The van der Waals surface area contributed by atoms with Gasteiger partial charge in [-0.3, -0.25) is 10.1 Å². The van der Waals surface area contributed by atoms with Gasteiger partial charge in [-0.15, -0.1) is 0 Å². The number of carbonyl (C=O) groups excluding carboxylic acids is 1. The number of ether oxygens (including phenoxy) is 1. The third kappa shape index (κ3) is 1.28. The van der Waals surface area contributed by atoms with E-state index in [1.165, 1.54) is 17.0 Å². The van der Waals surface area contributed by atoms with Gasteiger partial charge in [-0.25, -0.2) is 9.69 Å². The fraction of sp³-hybridized carbons (Fsp3) is 0.286. The van der Waals surface area contributed by atoms with Crippen LogP contribution in [0.5, 0.6) is 0 Å². The molecule has 1 amide bonds. The Labute approximate surface area is 78.0 Å². The van der Waals surface area contributed by atoms with E-state index in [1.54, 1.807) is 0 Å². The molecule has 0 aromatic carbocycles. The highest BCUT2D eigenvalue weighted by Gasteiger charge is 2.27. The van der Waals surface area contributed by atoms with Gasteiger partial charge >= 0.3 is 12.0 Å². The van der Waals surface area contributed by atoms with Gasteiger partial charge in [0.25, 0.3) is 0 Å². The maximum Gasteiger partial charge on any atom is 0.434 e. The Morgan fingerprint density at radius 3 is 2.79 bits per heavy atom. The summed E-state index contributed by atoms with van der Waals surface area (Å²) in [6, 6.07) is 2.56. The molecule has 1 aromatic heterocycles. The first-order chi connectivity index (χ1) is 6.68. The predicted molar refractivity (Wildman–Crippen MR) is 44.1 cm³/mol. The summed E-state index contributed by atoms with van der Waals surface area (Å²) in [5, 5.41) is 10.3. The molecule has 0 radical (unpaired) electrons. The minimum atomic E-state index is -0.662. The Balaban J connectivity index is 2.24. The maximum absolute atomic E-state index is 11.0. The van der Waals surface area contributed by atoms with E-state index < -0.39 is 11.0 Å². The van der Waals surface area contributed by atoms with Crippen LogP contribution in [-0.2, 0) is 4.74 Å². The molecule has 2 rings (SSSR count). The number of hydrogen-bond donors (Lipinski definition) is 0. The van der Waals surface area contributed by atoms with Crippen molar-refractivity contribution in [2.75, 3.05) is 18.1 Å². The van der Waals surface area contributed by atoms with E-state index in [9.17, 15) is 14.9 Å². The van der Waals surface area contributed by atoms with Crippen molar-refractivity contribution in [3.05, 3.63) is 22.2 Å². The van der Waals surface area contributed by atoms with Crippen molar-refractivity contribution < 1.29 is 18.9 Å². The molecule has 74 valence electrons. The molecule has 2 heterocycles. The van der Waals surface area contributed by atoms with Crippen LogP contribution in [0.1, 0.15) is 0 Å². The summed E-state index contributed by atoms with van der Waals surface area (Å²) in [5.41, 5.74) is 0. The van der Waals surface area contributed by atoms with Crippen molar-refractivity contribution in [1.82, 2.24) is 0 Å². The van der Waals surface area contributed by atoms with Gasteiger partial charge in [0.2, 0.25) is 5.88 Å². The number of cyclic esters (lactones) is 1. The summed E-state index contributed by atoms with van der Waals surface area (Å²) >= 11 is 0. The first-order valence-electron chi connectivity index (χ1n) is 3.87. The quantitative estimate of drug-likeness (QED) is 0.525. The molecule has 0 saturated carbocycles. The van der Waals surface area contributed by atoms with Crippen molar-refractivity contribution >= 4 is 17.9 Å². The zero-order chi connectivity index (χ0) is 10.1. The Morgan fingerprint density at radius 1 is 1.50 bits per heavy atom. The van der Waals surface area contributed by atoms with E-state index in [2.05, 4.69) is 4.74 Å². The summed E-state index contributed by atoms with van der Waals surface area (Å²) in [5.74, 6) is -0.251. The fourth-order valence-corrected chi connectivity index (χ4v) is 1.15. The van der Waals surface area contributed by atoms with E-state index in [1.807, 2.05) is 0 Å². The molecule has 7 nitrogen and oxygen atoms in total. The third-order valence-corrected chi connectivity index (χ3v) is 1.78. The van der Waals surface area contributed by atoms with Gasteiger partial charge in [0.05, 0.1) is 12.6 Å². The molecule has 14 heavy (non-hydrogen) atoms. The second-order valence-electron chi connectivity index (χ2n) is 2.63. The van der Waals surface area contributed by atoms with Crippen molar-refractivity contribution in [1.29, 1.82) is 0 Å². The highest BCUT2D eigenvalue weighted by molar-refractivity contribution is 5.87. The van der Waals surface area contributed by atoms with E-state index >= 15 is 0 Å². The summed E-state index contributed by atoms with van der Waals surface area (Å²) in [6.07, 6.45) is -0.547. The van der Waals surface area contributed by atoms with Gasteiger partial charge in [-0.2, -0.15) is 0 Å². The minimum absolute atomic E-state index is 0.138. The number of nitro groups is 1. The molecule has 0 unspecified atom stereocenters. The first-order valence-corrected chi connectivity index (χ1v) is 3.87. The van der Waals surface area contributed by atoms with Gasteiger partial charge in [-0.05, 0) is 0 Å². The van der Waals surface area contributed by atoms with E-state index in [-0.39, 0.29) is 18.4 Å². The molecule has 1 fully saturated rings. The molecule has 0 bridgehead atoms. The van der Waals surface area contributed by atoms with Crippen LogP contribution in [0.4, 0.5) is 16.6 Å². The lowest BCUT2D eigenvalue weighted by Crippen LogP contribution is -2.22. The monoisotopic (exact) mass is 198 g/mol. The molecule has 1 aliphatic rings.